The van der Waals surface area contributed by atoms with Gasteiger partial charge in [-0.3, -0.25) is 4.79 Å². The Balaban J connectivity index is 1.97. The molecule has 1 aromatic heterocycles. The topological polar surface area (TPSA) is 54.9 Å². The van der Waals surface area contributed by atoms with Crippen molar-refractivity contribution >= 4 is 23.7 Å². The van der Waals surface area contributed by atoms with Gasteiger partial charge in [0.25, 0.3) is 0 Å². The number of carbonyl (C=O) groups is 1. The third-order valence-electron chi connectivity index (χ3n) is 3.81. The first kappa shape index (κ1) is 14.0. The van der Waals surface area contributed by atoms with Crippen molar-refractivity contribution in [2.45, 2.75) is 32.2 Å². The molecule has 108 valence electrons. The van der Waals surface area contributed by atoms with Crippen molar-refractivity contribution in [1.29, 1.82) is 0 Å². The second kappa shape index (κ2) is 5.82. The number of carbonyl (C=O) groups excluding carboxylic acids is 1. The fourth-order valence-corrected chi connectivity index (χ4v) is 3.09. The Morgan fingerprint density at radius 1 is 1.33 bits per heavy atom. The summed E-state index contributed by atoms with van der Waals surface area (Å²) in [5.74, 6) is 1.07. The predicted octanol–water partition coefficient (Wildman–Crippen LogP) is 3.74. The van der Waals surface area contributed by atoms with Crippen LogP contribution in [0.3, 0.4) is 0 Å². The smallest absolute Gasteiger partial charge is 0.156 e. The van der Waals surface area contributed by atoms with Gasteiger partial charge in [-0.1, -0.05) is 35.9 Å². The number of aromatic nitrogens is 2. The first-order valence-corrected chi connectivity index (χ1v) is 7.40. The lowest BCUT2D eigenvalue weighted by atomic mass is 9.88. The number of fused-ring (bicyclic) bond motifs is 1. The highest BCUT2D eigenvalue weighted by Gasteiger charge is 2.22. The van der Waals surface area contributed by atoms with Gasteiger partial charge in [0, 0.05) is 0 Å². The molecule has 1 aliphatic rings. The summed E-state index contributed by atoms with van der Waals surface area (Å²) in [6.07, 6.45) is 3.93. The van der Waals surface area contributed by atoms with Crippen LogP contribution in [0.15, 0.2) is 24.3 Å². The van der Waals surface area contributed by atoms with Crippen LogP contribution in [0.1, 0.15) is 46.2 Å². The van der Waals surface area contributed by atoms with Crippen LogP contribution in [0.2, 0.25) is 5.15 Å². The van der Waals surface area contributed by atoms with E-state index in [1.807, 2.05) is 6.07 Å². The van der Waals surface area contributed by atoms with Crippen LogP contribution in [-0.2, 0) is 6.42 Å². The zero-order valence-electron chi connectivity index (χ0n) is 11.8. The molecule has 0 fully saturated rings. The van der Waals surface area contributed by atoms with Gasteiger partial charge < -0.3 is 5.32 Å². The van der Waals surface area contributed by atoms with Gasteiger partial charge in [0.1, 0.15) is 16.8 Å². The quantitative estimate of drug-likeness (QED) is 0.693. The van der Waals surface area contributed by atoms with E-state index in [2.05, 4.69) is 33.5 Å². The minimum absolute atomic E-state index is 0.152. The lowest BCUT2D eigenvalue weighted by molar-refractivity contribution is 0.112. The maximum absolute atomic E-state index is 11.2. The molecule has 2 aromatic rings. The van der Waals surface area contributed by atoms with Gasteiger partial charge >= 0.3 is 0 Å². The zero-order valence-corrected chi connectivity index (χ0v) is 12.5. The maximum atomic E-state index is 11.2. The maximum Gasteiger partial charge on any atom is 0.156 e. The number of rotatable bonds is 3. The molecule has 0 bridgehead atoms. The molecule has 1 N–H and O–H groups in total. The zero-order chi connectivity index (χ0) is 14.8. The molecule has 21 heavy (non-hydrogen) atoms. The van der Waals surface area contributed by atoms with Crippen molar-refractivity contribution in [3.63, 3.8) is 0 Å². The van der Waals surface area contributed by atoms with E-state index in [9.17, 15) is 4.79 Å². The van der Waals surface area contributed by atoms with Gasteiger partial charge in [-0.05, 0) is 37.3 Å². The molecular formula is C16H16ClN3O. The van der Waals surface area contributed by atoms with E-state index in [0.29, 0.717) is 23.5 Å². The molecule has 5 heteroatoms. The highest BCUT2D eigenvalue weighted by atomic mass is 35.5. The van der Waals surface area contributed by atoms with Gasteiger partial charge in [-0.15, -0.1) is 0 Å². The molecule has 1 heterocycles. The van der Waals surface area contributed by atoms with Crippen molar-refractivity contribution in [2.24, 2.45) is 0 Å². The van der Waals surface area contributed by atoms with Crippen molar-refractivity contribution in [2.75, 3.05) is 5.32 Å². The van der Waals surface area contributed by atoms with Crippen LogP contribution in [0.4, 0.5) is 5.82 Å². The highest BCUT2D eigenvalue weighted by molar-refractivity contribution is 6.32. The molecule has 0 saturated carbocycles. The van der Waals surface area contributed by atoms with Gasteiger partial charge in [0.05, 0.1) is 11.6 Å². The molecular weight excluding hydrogens is 286 g/mol. The van der Waals surface area contributed by atoms with Crippen molar-refractivity contribution in [3.8, 4) is 0 Å². The first-order chi connectivity index (χ1) is 10.2. The van der Waals surface area contributed by atoms with Crippen LogP contribution in [-0.4, -0.2) is 16.3 Å². The fraction of sp³-hybridized carbons (Fsp3) is 0.312. The van der Waals surface area contributed by atoms with Crippen LogP contribution < -0.4 is 5.32 Å². The molecule has 1 atom stereocenters. The van der Waals surface area contributed by atoms with E-state index in [0.717, 1.165) is 19.3 Å². The monoisotopic (exact) mass is 301 g/mol. The Morgan fingerprint density at radius 2 is 2.14 bits per heavy atom. The Kier molecular flexibility index (Phi) is 3.88. The predicted molar refractivity (Wildman–Crippen MR) is 82.9 cm³/mol. The Hall–Kier alpha value is -1.94. The minimum atomic E-state index is 0.152. The summed E-state index contributed by atoms with van der Waals surface area (Å²) in [7, 11) is 0. The molecule has 1 aliphatic carbocycles. The lowest BCUT2D eigenvalue weighted by Gasteiger charge is -2.27. The summed E-state index contributed by atoms with van der Waals surface area (Å²) in [4.78, 5) is 19.6. The second-order valence-corrected chi connectivity index (χ2v) is 5.59. The van der Waals surface area contributed by atoms with Crippen molar-refractivity contribution in [1.82, 2.24) is 9.97 Å². The van der Waals surface area contributed by atoms with E-state index in [4.69, 9.17) is 11.6 Å². The van der Waals surface area contributed by atoms with E-state index < -0.39 is 0 Å². The summed E-state index contributed by atoms with van der Waals surface area (Å²) in [6, 6.07) is 8.53. The normalized spacial score (nSPS) is 17.1. The minimum Gasteiger partial charge on any atom is -0.363 e. The Morgan fingerprint density at radius 3 is 2.95 bits per heavy atom. The molecule has 1 unspecified atom stereocenters. The van der Waals surface area contributed by atoms with Crippen LogP contribution in [0.25, 0.3) is 0 Å². The number of nitrogens with zero attached hydrogens (tertiary/aromatic N) is 2. The SMILES string of the molecule is Cc1nc(Cl)c(C=O)c(NC2CCCc3ccccc32)n1. The average Bonchev–Trinajstić information content (AvgIpc) is 2.47. The second-order valence-electron chi connectivity index (χ2n) is 5.23. The summed E-state index contributed by atoms with van der Waals surface area (Å²) in [5.41, 5.74) is 2.95. The third kappa shape index (κ3) is 2.76. The molecule has 4 nitrogen and oxygen atoms in total. The van der Waals surface area contributed by atoms with E-state index >= 15 is 0 Å². The summed E-state index contributed by atoms with van der Waals surface area (Å²) < 4.78 is 0. The molecule has 0 radical (unpaired) electrons. The van der Waals surface area contributed by atoms with E-state index in [1.54, 1.807) is 6.92 Å². The third-order valence-corrected chi connectivity index (χ3v) is 4.10. The van der Waals surface area contributed by atoms with Crippen LogP contribution in [0.5, 0.6) is 0 Å². The van der Waals surface area contributed by atoms with Crippen LogP contribution in [0, 0.1) is 6.92 Å². The molecule has 0 spiro atoms. The van der Waals surface area contributed by atoms with Gasteiger partial charge in [0.2, 0.25) is 0 Å². The van der Waals surface area contributed by atoms with Crippen molar-refractivity contribution < 1.29 is 4.79 Å². The van der Waals surface area contributed by atoms with Gasteiger partial charge in [-0.2, -0.15) is 0 Å². The first-order valence-electron chi connectivity index (χ1n) is 7.02. The molecule has 0 saturated heterocycles. The van der Waals surface area contributed by atoms with Gasteiger partial charge in [0.15, 0.2) is 6.29 Å². The van der Waals surface area contributed by atoms with Crippen molar-refractivity contribution in [3.05, 3.63) is 51.9 Å². The van der Waals surface area contributed by atoms with Crippen LogP contribution >= 0.6 is 11.6 Å². The number of aldehydes is 1. The molecule has 3 rings (SSSR count). The summed E-state index contributed by atoms with van der Waals surface area (Å²) in [5, 5.41) is 3.57. The summed E-state index contributed by atoms with van der Waals surface area (Å²) in [6.45, 7) is 1.76. The van der Waals surface area contributed by atoms with Gasteiger partial charge in [-0.25, -0.2) is 9.97 Å². The number of halogens is 1. The van der Waals surface area contributed by atoms with E-state index in [1.165, 1.54) is 11.1 Å². The largest absolute Gasteiger partial charge is 0.363 e. The molecule has 0 amide bonds. The molecule has 1 aromatic carbocycles. The Bertz CT molecular complexity index is 687. The number of anilines is 1. The number of nitrogens with one attached hydrogen (secondary N) is 1. The Labute approximate surface area is 128 Å². The standard InChI is InChI=1S/C16H16ClN3O/c1-10-18-15(17)13(9-21)16(19-10)20-14-8-4-6-11-5-2-3-7-12(11)14/h2-3,5,7,9,14H,4,6,8H2,1H3,(H,18,19,20). The fourth-order valence-electron chi connectivity index (χ4n) is 2.83. The average molecular weight is 302 g/mol. The number of aryl methyl sites for hydroxylation is 2. The highest BCUT2D eigenvalue weighted by Crippen LogP contribution is 2.33. The molecule has 0 aliphatic heterocycles. The number of hydrogen-bond donors (Lipinski definition) is 1. The number of benzene rings is 1. The summed E-state index contributed by atoms with van der Waals surface area (Å²) >= 11 is 6.03. The number of hydrogen-bond acceptors (Lipinski definition) is 4. The van der Waals surface area contributed by atoms with E-state index in [-0.39, 0.29) is 11.2 Å². The lowest BCUT2D eigenvalue weighted by Crippen LogP contribution is -2.19.